The van der Waals surface area contributed by atoms with Crippen molar-refractivity contribution in [2.75, 3.05) is 0 Å². The van der Waals surface area contributed by atoms with Gasteiger partial charge in [-0.05, 0) is 30.5 Å². The fourth-order valence-corrected chi connectivity index (χ4v) is 1.77. The number of hydrogen-bond donors (Lipinski definition) is 2. The van der Waals surface area contributed by atoms with Crippen LogP contribution in [0.2, 0.25) is 0 Å². The molecular formula is C13H18FNO2. The molecule has 0 saturated heterocycles. The second-order valence-corrected chi connectivity index (χ2v) is 4.15. The van der Waals surface area contributed by atoms with E-state index in [1.807, 2.05) is 6.92 Å². The average molecular weight is 239 g/mol. The van der Waals surface area contributed by atoms with Crippen LogP contribution < -0.4 is 5.48 Å². The Balaban J connectivity index is 2.64. The van der Waals surface area contributed by atoms with Crippen molar-refractivity contribution in [2.45, 2.75) is 32.6 Å². The van der Waals surface area contributed by atoms with Crippen molar-refractivity contribution in [1.29, 1.82) is 0 Å². The fraction of sp³-hybridized carbons (Fsp3) is 0.462. The number of carbonyl (C=O) groups is 1. The first-order valence-electron chi connectivity index (χ1n) is 5.85. The zero-order valence-electron chi connectivity index (χ0n) is 9.95. The summed E-state index contributed by atoms with van der Waals surface area (Å²) in [4.78, 5) is 11.5. The lowest BCUT2D eigenvalue weighted by molar-refractivity contribution is -0.133. The van der Waals surface area contributed by atoms with E-state index in [2.05, 4.69) is 0 Å². The molecule has 0 aliphatic rings. The van der Waals surface area contributed by atoms with Crippen LogP contribution in [-0.4, -0.2) is 11.1 Å². The van der Waals surface area contributed by atoms with Gasteiger partial charge in [0.15, 0.2) is 0 Å². The topological polar surface area (TPSA) is 49.3 Å². The zero-order chi connectivity index (χ0) is 12.7. The summed E-state index contributed by atoms with van der Waals surface area (Å²) in [6.45, 7) is 2.05. The Labute approximate surface area is 101 Å². The number of carbonyl (C=O) groups excluding carboxylic acids is 1. The highest BCUT2D eigenvalue weighted by atomic mass is 19.1. The standard InChI is InChI=1S/C13H18FNO2/c1-2-3-4-11(13(16)15-17)9-10-5-7-12(14)8-6-10/h5-8,11,17H,2-4,9H2,1H3,(H,15,16). The number of amides is 1. The quantitative estimate of drug-likeness (QED) is 0.592. The zero-order valence-corrected chi connectivity index (χ0v) is 9.95. The molecule has 1 unspecified atom stereocenters. The first kappa shape index (κ1) is 13.6. The maximum atomic E-state index is 12.7. The van der Waals surface area contributed by atoms with Crippen molar-refractivity contribution in [1.82, 2.24) is 5.48 Å². The van der Waals surface area contributed by atoms with Gasteiger partial charge in [-0.25, -0.2) is 9.87 Å². The highest BCUT2D eigenvalue weighted by Gasteiger charge is 2.17. The van der Waals surface area contributed by atoms with Crippen LogP contribution >= 0.6 is 0 Å². The molecule has 4 heteroatoms. The van der Waals surface area contributed by atoms with Crippen LogP contribution in [0.5, 0.6) is 0 Å². The van der Waals surface area contributed by atoms with E-state index in [-0.39, 0.29) is 17.6 Å². The highest BCUT2D eigenvalue weighted by molar-refractivity contribution is 5.77. The number of hydrogen-bond acceptors (Lipinski definition) is 2. The lowest BCUT2D eigenvalue weighted by Crippen LogP contribution is -2.29. The number of nitrogens with one attached hydrogen (secondary N) is 1. The SMILES string of the molecule is CCCCC(Cc1ccc(F)cc1)C(=O)NO. The van der Waals surface area contributed by atoms with Gasteiger partial charge in [0.2, 0.25) is 5.91 Å². The van der Waals surface area contributed by atoms with Crippen LogP contribution in [-0.2, 0) is 11.2 Å². The summed E-state index contributed by atoms with van der Waals surface area (Å²) in [5.41, 5.74) is 2.59. The number of hydroxylamine groups is 1. The third-order valence-corrected chi connectivity index (χ3v) is 2.78. The normalized spacial score (nSPS) is 12.2. The molecule has 0 aromatic heterocycles. The van der Waals surface area contributed by atoms with E-state index in [1.165, 1.54) is 12.1 Å². The van der Waals surface area contributed by atoms with Gasteiger partial charge in [-0.1, -0.05) is 31.9 Å². The Bertz CT molecular complexity index is 351. The minimum atomic E-state index is -0.372. The van der Waals surface area contributed by atoms with Crippen LogP contribution in [0.1, 0.15) is 31.7 Å². The predicted molar refractivity (Wildman–Crippen MR) is 63.0 cm³/mol. The van der Waals surface area contributed by atoms with Gasteiger partial charge < -0.3 is 0 Å². The van der Waals surface area contributed by atoms with Gasteiger partial charge in [0, 0.05) is 5.92 Å². The first-order chi connectivity index (χ1) is 8.17. The Morgan fingerprint density at radius 1 is 1.41 bits per heavy atom. The molecule has 0 heterocycles. The molecule has 0 bridgehead atoms. The van der Waals surface area contributed by atoms with Crippen molar-refractivity contribution >= 4 is 5.91 Å². The van der Waals surface area contributed by atoms with Gasteiger partial charge in [0.05, 0.1) is 0 Å². The van der Waals surface area contributed by atoms with Crippen molar-refractivity contribution in [2.24, 2.45) is 5.92 Å². The monoisotopic (exact) mass is 239 g/mol. The number of benzene rings is 1. The molecule has 0 radical (unpaired) electrons. The number of rotatable bonds is 6. The van der Waals surface area contributed by atoms with Crippen LogP contribution in [0.3, 0.4) is 0 Å². The Kier molecular flexibility index (Phi) is 5.63. The van der Waals surface area contributed by atoms with Crippen LogP contribution in [0, 0.1) is 11.7 Å². The molecule has 0 saturated carbocycles. The van der Waals surface area contributed by atoms with E-state index in [9.17, 15) is 9.18 Å². The summed E-state index contributed by atoms with van der Waals surface area (Å²) in [6.07, 6.45) is 3.17. The summed E-state index contributed by atoms with van der Waals surface area (Å²) < 4.78 is 12.7. The minimum absolute atomic E-state index is 0.259. The minimum Gasteiger partial charge on any atom is -0.289 e. The second-order valence-electron chi connectivity index (χ2n) is 4.15. The maximum Gasteiger partial charge on any atom is 0.246 e. The predicted octanol–water partition coefficient (Wildman–Crippen LogP) is 2.68. The molecular weight excluding hydrogens is 221 g/mol. The lowest BCUT2D eigenvalue weighted by Gasteiger charge is -2.14. The molecule has 1 aromatic carbocycles. The summed E-state index contributed by atoms with van der Waals surface area (Å²) >= 11 is 0. The third-order valence-electron chi connectivity index (χ3n) is 2.78. The molecule has 1 amide bonds. The van der Waals surface area contributed by atoms with E-state index in [1.54, 1.807) is 17.6 Å². The molecule has 2 N–H and O–H groups in total. The molecule has 1 atom stereocenters. The largest absolute Gasteiger partial charge is 0.289 e. The molecule has 17 heavy (non-hydrogen) atoms. The van der Waals surface area contributed by atoms with Gasteiger partial charge in [-0.3, -0.25) is 10.0 Å². The van der Waals surface area contributed by atoms with Crippen molar-refractivity contribution < 1.29 is 14.4 Å². The molecule has 1 rings (SSSR count). The van der Waals surface area contributed by atoms with Crippen LogP contribution in [0.25, 0.3) is 0 Å². The van der Waals surface area contributed by atoms with Crippen molar-refractivity contribution in [3.05, 3.63) is 35.6 Å². The molecule has 0 aliphatic heterocycles. The Morgan fingerprint density at radius 2 is 2.06 bits per heavy atom. The summed E-state index contributed by atoms with van der Waals surface area (Å²) in [6, 6.07) is 6.09. The first-order valence-corrected chi connectivity index (χ1v) is 5.85. The lowest BCUT2D eigenvalue weighted by atomic mass is 9.93. The molecule has 3 nitrogen and oxygen atoms in total. The van der Waals surface area contributed by atoms with Gasteiger partial charge in [0.1, 0.15) is 5.82 Å². The summed E-state index contributed by atoms with van der Waals surface area (Å²) in [7, 11) is 0. The molecule has 1 aromatic rings. The molecule has 94 valence electrons. The van der Waals surface area contributed by atoms with Gasteiger partial charge in [-0.2, -0.15) is 0 Å². The van der Waals surface area contributed by atoms with E-state index >= 15 is 0 Å². The Hall–Kier alpha value is -1.42. The van der Waals surface area contributed by atoms with Crippen LogP contribution in [0.15, 0.2) is 24.3 Å². The second kappa shape index (κ2) is 7.01. The van der Waals surface area contributed by atoms with Gasteiger partial charge in [0.25, 0.3) is 0 Å². The fourth-order valence-electron chi connectivity index (χ4n) is 1.77. The molecule has 0 fully saturated rings. The summed E-state index contributed by atoms with van der Waals surface area (Å²) in [5.74, 6) is -0.918. The van der Waals surface area contributed by atoms with Crippen molar-refractivity contribution in [3.8, 4) is 0 Å². The Morgan fingerprint density at radius 3 is 2.59 bits per heavy atom. The van der Waals surface area contributed by atoms with Crippen LogP contribution in [0.4, 0.5) is 4.39 Å². The molecule has 0 spiro atoms. The van der Waals surface area contributed by atoms with Gasteiger partial charge >= 0.3 is 0 Å². The summed E-state index contributed by atoms with van der Waals surface area (Å²) in [5, 5.41) is 8.67. The average Bonchev–Trinajstić information content (AvgIpc) is 2.36. The highest BCUT2D eigenvalue weighted by Crippen LogP contribution is 2.16. The van der Waals surface area contributed by atoms with Gasteiger partial charge in [-0.15, -0.1) is 0 Å². The number of unbranched alkanes of at least 4 members (excludes halogenated alkanes) is 1. The van der Waals surface area contributed by atoms with E-state index in [0.717, 1.165) is 24.8 Å². The van der Waals surface area contributed by atoms with E-state index in [0.29, 0.717) is 6.42 Å². The maximum absolute atomic E-state index is 12.7. The van der Waals surface area contributed by atoms with E-state index < -0.39 is 0 Å². The molecule has 0 aliphatic carbocycles. The number of halogens is 1. The van der Waals surface area contributed by atoms with Crippen molar-refractivity contribution in [3.63, 3.8) is 0 Å². The smallest absolute Gasteiger partial charge is 0.246 e. The third kappa shape index (κ3) is 4.53. The van der Waals surface area contributed by atoms with E-state index in [4.69, 9.17) is 5.21 Å².